The Morgan fingerprint density at radius 1 is 1.14 bits per heavy atom. The number of sulfonamides is 1. The van der Waals surface area contributed by atoms with Gasteiger partial charge in [-0.05, 0) is 35.9 Å². The first kappa shape index (κ1) is 15.7. The van der Waals surface area contributed by atoms with Crippen LogP contribution in [0.5, 0.6) is 0 Å². The molecule has 2 aromatic carbocycles. The SMILES string of the molecule is O=C(O)c1ccc(CNS(=O)(=O)c2cccc(Br)c2)cc1. The number of carboxylic acids is 1. The van der Waals surface area contributed by atoms with Crippen molar-refractivity contribution in [3.8, 4) is 0 Å². The summed E-state index contributed by atoms with van der Waals surface area (Å²) in [6.45, 7) is 0.0920. The minimum Gasteiger partial charge on any atom is -0.478 e. The number of carboxylic acid groups (broad SMARTS) is 1. The molecule has 0 saturated heterocycles. The molecule has 0 atom stereocenters. The van der Waals surface area contributed by atoms with E-state index in [1.54, 1.807) is 24.3 Å². The van der Waals surface area contributed by atoms with E-state index in [4.69, 9.17) is 5.11 Å². The van der Waals surface area contributed by atoms with Crippen LogP contribution in [0, 0.1) is 0 Å². The number of rotatable bonds is 5. The molecule has 0 bridgehead atoms. The highest BCUT2D eigenvalue weighted by molar-refractivity contribution is 9.10. The summed E-state index contributed by atoms with van der Waals surface area (Å²) < 4.78 is 27.4. The number of hydrogen-bond acceptors (Lipinski definition) is 3. The van der Waals surface area contributed by atoms with Crippen LogP contribution in [0.15, 0.2) is 57.9 Å². The van der Waals surface area contributed by atoms with Crippen LogP contribution in [-0.4, -0.2) is 19.5 Å². The molecule has 0 saturated carbocycles. The summed E-state index contributed by atoms with van der Waals surface area (Å²) in [6, 6.07) is 12.4. The lowest BCUT2D eigenvalue weighted by atomic mass is 10.1. The summed E-state index contributed by atoms with van der Waals surface area (Å²) >= 11 is 3.22. The van der Waals surface area contributed by atoms with Crippen LogP contribution < -0.4 is 4.72 Å². The molecule has 0 aliphatic carbocycles. The summed E-state index contributed by atoms with van der Waals surface area (Å²) in [7, 11) is -3.60. The Morgan fingerprint density at radius 2 is 1.81 bits per heavy atom. The molecule has 21 heavy (non-hydrogen) atoms. The monoisotopic (exact) mass is 369 g/mol. The van der Waals surface area contributed by atoms with Crippen LogP contribution in [0.25, 0.3) is 0 Å². The molecule has 0 spiro atoms. The standard InChI is InChI=1S/C14H12BrNO4S/c15-12-2-1-3-13(8-12)21(19,20)16-9-10-4-6-11(7-5-10)14(17)18/h1-8,16H,9H2,(H,17,18). The van der Waals surface area contributed by atoms with Gasteiger partial charge in [0.15, 0.2) is 0 Å². The molecule has 0 heterocycles. The maximum atomic E-state index is 12.1. The lowest BCUT2D eigenvalue weighted by molar-refractivity contribution is 0.0697. The lowest BCUT2D eigenvalue weighted by Gasteiger charge is -2.07. The Hall–Kier alpha value is -1.70. The van der Waals surface area contributed by atoms with Gasteiger partial charge in [0.1, 0.15) is 0 Å². The second kappa shape index (κ2) is 6.38. The molecule has 2 N–H and O–H groups in total. The average molecular weight is 370 g/mol. The van der Waals surface area contributed by atoms with E-state index >= 15 is 0 Å². The van der Waals surface area contributed by atoms with E-state index < -0.39 is 16.0 Å². The zero-order chi connectivity index (χ0) is 15.5. The van der Waals surface area contributed by atoms with Crippen molar-refractivity contribution in [2.24, 2.45) is 0 Å². The molecule has 0 aliphatic heterocycles. The van der Waals surface area contributed by atoms with Crippen LogP contribution in [-0.2, 0) is 16.6 Å². The molecule has 5 nitrogen and oxygen atoms in total. The first-order chi connectivity index (χ1) is 9.88. The molecule has 0 unspecified atom stereocenters. The van der Waals surface area contributed by atoms with Gasteiger partial charge in [0.2, 0.25) is 10.0 Å². The van der Waals surface area contributed by atoms with E-state index in [1.165, 1.54) is 24.3 Å². The maximum Gasteiger partial charge on any atom is 0.335 e. The largest absolute Gasteiger partial charge is 0.478 e. The number of carbonyl (C=O) groups is 1. The highest BCUT2D eigenvalue weighted by Gasteiger charge is 2.13. The first-order valence-electron chi connectivity index (χ1n) is 5.96. The fourth-order valence-corrected chi connectivity index (χ4v) is 3.27. The number of benzene rings is 2. The van der Waals surface area contributed by atoms with E-state index in [1.807, 2.05) is 0 Å². The zero-order valence-electron chi connectivity index (χ0n) is 10.8. The molecule has 2 aromatic rings. The fourth-order valence-electron chi connectivity index (χ4n) is 1.66. The van der Waals surface area contributed by atoms with Crippen molar-refractivity contribution in [2.75, 3.05) is 0 Å². The van der Waals surface area contributed by atoms with Gasteiger partial charge in [-0.15, -0.1) is 0 Å². The molecular formula is C14H12BrNO4S. The third kappa shape index (κ3) is 4.13. The lowest BCUT2D eigenvalue weighted by Crippen LogP contribution is -2.23. The second-order valence-electron chi connectivity index (χ2n) is 4.28. The van der Waals surface area contributed by atoms with E-state index in [9.17, 15) is 13.2 Å². The quantitative estimate of drug-likeness (QED) is 0.848. The van der Waals surface area contributed by atoms with Crippen molar-refractivity contribution in [3.05, 3.63) is 64.1 Å². The Bertz CT molecular complexity index is 757. The molecule has 110 valence electrons. The number of halogens is 1. The molecule has 0 radical (unpaired) electrons. The highest BCUT2D eigenvalue weighted by atomic mass is 79.9. The molecular weight excluding hydrogens is 358 g/mol. The van der Waals surface area contributed by atoms with Gasteiger partial charge >= 0.3 is 5.97 Å². The predicted octanol–water partition coefficient (Wildman–Crippen LogP) is 2.63. The normalized spacial score (nSPS) is 11.3. The smallest absolute Gasteiger partial charge is 0.335 e. The van der Waals surface area contributed by atoms with Crippen LogP contribution >= 0.6 is 15.9 Å². The summed E-state index contributed by atoms with van der Waals surface area (Å²) in [5, 5.41) is 8.79. The van der Waals surface area contributed by atoms with Gasteiger partial charge in [-0.1, -0.05) is 34.1 Å². The van der Waals surface area contributed by atoms with Gasteiger partial charge in [-0.3, -0.25) is 0 Å². The van der Waals surface area contributed by atoms with Crippen molar-refractivity contribution >= 4 is 31.9 Å². The summed E-state index contributed by atoms with van der Waals surface area (Å²) in [4.78, 5) is 10.9. The van der Waals surface area contributed by atoms with E-state index in [0.717, 1.165) is 0 Å². The average Bonchev–Trinajstić information content (AvgIpc) is 2.45. The number of nitrogens with one attached hydrogen (secondary N) is 1. The van der Waals surface area contributed by atoms with E-state index in [2.05, 4.69) is 20.7 Å². The fraction of sp³-hybridized carbons (Fsp3) is 0.0714. The van der Waals surface area contributed by atoms with Crippen molar-refractivity contribution in [3.63, 3.8) is 0 Å². The topological polar surface area (TPSA) is 83.5 Å². The zero-order valence-corrected chi connectivity index (χ0v) is 13.2. The Labute approximate surface area is 130 Å². The van der Waals surface area contributed by atoms with Gasteiger partial charge < -0.3 is 5.11 Å². The predicted molar refractivity (Wildman–Crippen MR) is 81.6 cm³/mol. The summed E-state index contributed by atoms with van der Waals surface area (Å²) in [5.41, 5.74) is 0.840. The molecule has 0 amide bonds. The summed E-state index contributed by atoms with van der Waals surface area (Å²) in [6.07, 6.45) is 0. The Kier molecular flexibility index (Phi) is 4.76. The van der Waals surface area contributed by atoms with Gasteiger partial charge in [0.05, 0.1) is 10.5 Å². The number of aromatic carboxylic acids is 1. The highest BCUT2D eigenvalue weighted by Crippen LogP contribution is 2.16. The van der Waals surface area contributed by atoms with Gasteiger partial charge in [0, 0.05) is 11.0 Å². The van der Waals surface area contributed by atoms with E-state index in [0.29, 0.717) is 10.0 Å². The molecule has 2 rings (SSSR count). The van der Waals surface area contributed by atoms with Gasteiger partial charge in [-0.2, -0.15) is 0 Å². The van der Waals surface area contributed by atoms with Crippen molar-refractivity contribution in [1.29, 1.82) is 0 Å². The third-order valence-electron chi connectivity index (χ3n) is 2.77. The minimum atomic E-state index is -3.60. The Morgan fingerprint density at radius 3 is 2.38 bits per heavy atom. The van der Waals surface area contributed by atoms with Crippen molar-refractivity contribution < 1.29 is 18.3 Å². The van der Waals surface area contributed by atoms with Crippen molar-refractivity contribution in [1.82, 2.24) is 4.72 Å². The molecule has 0 fully saturated rings. The minimum absolute atomic E-state index is 0.0920. The van der Waals surface area contributed by atoms with Gasteiger partial charge in [0.25, 0.3) is 0 Å². The third-order valence-corrected chi connectivity index (χ3v) is 4.67. The maximum absolute atomic E-state index is 12.1. The number of hydrogen-bond donors (Lipinski definition) is 2. The van der Waals surface area contributed by atoms with Crippen LogP contribution in [0.4, 0.5) is 0 Å². The van der Waals surface area contributed by atoms with Crippen LogP contribution in [0.3, 0.4) is 0 Å². The Balaban J connectivity index is 2.10. The second-order valence-corrected chi connectivity index (χ2v) is 6.97. The first-order valence-corrected chi connectivity index (χ1v) is 8.23. The molecule has 7 heteroatoms. The van der Waals surface area contributed by atoms with Crippen molar-refractivity contribution in [2.45, 2.75) is 11.4 Å². The molecule has 0 aromatic heterocycles. The van der Waals surface area contributed by atoms with Crippen LogP contribution in [0.1, 0.15) is 15.9 Å². The van der Waals surface area contributed by atoms with Crippen LogP contribution in [0.2, 0.25) is 0 Å². The molecule has 0 aliphatic rings. The summed E-state index contributed by atoms with van der Waals surface area (Å²) in [5.74, 6) is -1.02. The van der Waals surface area contributed by atoms with Gasteiger partial charge in [-0.25, -0.2) is 17.9 Å². The van der Waals surface area contributed by atoms with E-state index in [-0.39, 0.29) is 17.0 Å².